The second-order valence-corrected chi connectivity index (χ2v) is 4.75. The Morgan fingerprint density at radius 1 is 1.05 bits per heavy atom. The number of nitrogens with one attached hydrogen (secondary N) is 1. The van der Waals surface area contributed by atoms with Crippen LogP contribution in [0, 0.1) is 18.6 Å². The molecule has 0 fully saturated rings. The highest BCUT2D eigenvalue weighted by atomic mass is 19.1. The molecule has 0 amide bonds. The predicted molar refractivity (Wildman–Crippen MR) is 72.8 cm³/mol. The number of hydrogen-bond donors (Lipinski definition) is 1. The van der Waals surface area contributed by atoms with Crippen LogP contribution in [0.4, 0.5) is 8.78 Å². The van der Waals surface area contributed by atoms with E-state index in [-0.39, 0.29) is 17.7 Å². The quantitative estimate of drug-likeness (QED) is 0.872. The Hall–Kier alpha value is -1.74. The summed E-state index contributed by atoms with van der Waals surface area (Å²) in [6.07, 6.45) is 0. The number of aryl methyl sites for hydroxylation is 1. The smallest absolute Gasteiger partial charge is 0.127 e. The highest BCUT2D eigenvalue weighted by molar-refractivity contribution is 5.25. The fourth-order valence-corrected chi connectivity index (χ4v) is 1.97. The van der Waals surface area contributed by atoms with Crippen LogP contribution in [0.3, 0.4) is 0 Å². The maximum absolute atomic E-state index is 13.6. The first-order valence-electron chi connectivity index (χ1n) is 6.30. The van der Waals surface area contributed by atoms with Gasteiger partial charge in [-0.05, 0) is 37.6 Å². The molecule has 0 aromatic heterocycles. The van der Waals surface area contributed by atoms with Gasteiger partial charge in [0.25, 0.3) is 0 Å². The van der Waals surface area contributed by atoms with Gasteiger partial charge in [-0.1, -0.05) is 29.8 Å². The van der Waals surface area contributed by atoms with Crippen LogP contribution in [-0.2, 0) is 6.54 Å². The molecule has 0 radical (unpaired) electrons. The molecule has 2 aromatic carbocycles. The first kappa shape index (κ1) is 13.7. The molecule has 19 heavy (non-hydrogen) atoms. The van der Waals surface area contributed by atoms with Gasteiger partial charge in [0.05, 0.1) is 0 Å². The van der Waals surface area contributed by atoms with Gasteiger partial charge in [-0.15, -0.1) is 0 Å². The van der Waals surface area contributed by atoms with E-state index in [1.807, 2.05) is 19.9 Å². The van der Waals surface area contributed by atoms with Gasteiger partial charge in [-0.2, -0.15) is 0 Å². The van der Waals surface area contributed by atoms with E-state index in [9.17, 15) is 8.78 Å². The second-order valence-electron chi connectivity index (χ2n) is 4.75. The summed E-state index contributed by atoms with van der Waals surface area (Å²) in [6, 6.07) is 11.4. The lowest BCUT2D eigenvalue weighted by molar-refractivity contribution is 0.542. The van der Waals surface area contributed by atoms with Crippen LogP contribution in [0.25, 0.3) is 0 Å². The maximum atomic E-state index is 13.6. The molecule has 0 unspecified atom stereocenters. The fourth-order valence-electron chi connectivity index (χ4n) is 1.97. The van der Waals surface area contributed by atoms with Gasteiger partial charge < -0.3 is 5.32 Å². The zero-order chi connectivity index (χ0) is 13.8. The summed E-state index contributed by atoms with van der Waals surface area (Å²) in [5, 5.41) is 3.24. The minimum absolute atomic E-state index is 0.0421. The van der Waals surface area contributed by atoms with Crippen LogP contribution in [-0.4, -0.2) is 0 Å². The Kier molecular flexibility index (Phi) is 4.27. The predicted octanol–water partition coefficient (Wildman–Crippen LogP) is 4.12. The lowest BCUT2D eigenvalue weighted by atomic mass is 10.1. The van der Waals surface area contributed by atoms with Crippen molar-refractivity contribution >= 4 is 0 Å². The Morgan fingerprint density at radius 2 is 1.74 bits per heavy atom. The summed E-state index contributed by atoms with van der Waals surface area (Å²) < 4.78 is 26.4. The van der Waals surface area contributed by atoms with E-state index in [1.165, 1.54) is 18.2 Å². The summed E-state index contributed by atoms with van der Waals surface area (Å²) in [5.74, 6) is -0.454. The SMILES string of the molecule is Cc1ccc(F)c(CN[C@@H](C)c2ccc(F)cc2)c1. The number of halogens is 2. The third-order valence-corrected chi connectivity index (χ3v) is 3.17. The summed E-state index contributed by atoms with van der Waals surface area (Å²) >= 11 is 0. The fraction of sp³-hybridized carbons (Fsp3) is 0.250. The van der Waals surface area contributed by atoms with E-state index < -0.39 is 0 Å². The standard InChI is InChI=1S/C16H17F2N/c1-11-3-8-16(18)14(9-11)10-19-12(2)13-4-6-15(17)7-5-13/h3-9,12,19H,10H2,1-2H3/t12-/m0/s1. The molecule has 0 heterocycles. The highest BCUT2D eigenvalue weighted by Crippen LogP contribution is 2.15. The summed E-state index contributed by atoms with van der Waals surface area (Å²) in [6.45, 7) is 4.36. The molecule has 0 spiro atoms. The van der Waals surface area contributed by atoms with E-state index >= 15 is 0 Å². The van der Waals surface area contributed by atoms with E-state index in [0.717, 1.165) is 11.1 Å². The maximum Gasteiger partial charge on any atom is 0.127 e. The van der Waals surface area contributed by atoms with Crippen molar-refractivity contribution in [1.29, 1.82) is 0 Å². The zero-order valence-corrected chi connectivity index (χ0v) is 11.1. The molecule has 0 saturated carbocycles. The minimum Gasteiger partial charge on any atom is -0.306 e. The molecule has 0 bridgehead atoms. The van der Waals surface area contributed by atoms with Crippen LogP contribution in [0.2, 0.25) is 0 Å². The lowest BCUT2D eigenvalue weighted by Crippen LogP contribution is -2.18. The molecule has 1 N–H and O–H groups in total. The van der Waals surface area contributed by atoms with Crippen LogP contribution in [0.5, 0.6) is 0 Å². The first-order valence-corrected chi connectivity index (χ1v) is 6.30. The second kappa shape index (κ2) is 5.93. The summed E-state index contributed by atoms with van der Waals surface area (Å²) in [7, 11) is 0. The van der Waals surface area contributed by atoms with Gasteiger partial charge >= 0.3 is 0 Å². The third-order valence-electron chi connectivity index (χ3n) is 3.17. The molecular weight excluding hydrogens is 244 g/mol. The Morgan fingerprint density at radius 3 is 2.42 bits per heavy atom. The molecule has 0 aliphatic rings. The van der Waals surface area contributed by atoms with Gasteiger partial charge in [0, 0.05) is 18.2 Å². The zero-order valence-electron chi connectivity index (χ0n) is 11.1. The number of rotatable bonds is 4. The molecular formula is C16H17F2N. The van der Waals surface area contributed by atoms with E-state index in [1.54, 1.807) is 18.2 Å². The van der Waals surface area contributed by atoms with Gasteiger partial charge in [-0.25, -0.2) is 8.78 Å². The van der Waals surface area contributed by atoms with Gasteiger partial charge in [0.2, 0.25) is 0 Å². The van der Waals surface area contributed by atoms with Crippen molar-refractivity contribution in [2.75, 3.05) is 0 Å². The first-order chi connectivity index (χ1) is 9.06. The van der Waals surface area contributed by atoms with Crippen molar-refractivity contribution in [3.05, 3.63) is 70.8 Å². The Labute approximate surface area is 112 Å². The number of benzene rings is 2. The lowest BCUT2D eigenvalue weighted by Gasteiger charge is -2.15. The molecule has 0 aliphatic carbocycles. The van der Waals surface area contributed by atoms with Gasteiger partial charge in [0.15, 0.2) is 0 Å². The topological polar surface area (TPSA) is 12.0 Å². The van der Waals surface area contributed by atoms with Crippen LogP contribution < -0.4 is 5.32 Å². The van der Waals surface area contributed by atoms with E-state index in [0.29, 0.717) is 12.1 Å². The van der Waals surface area contributed by atoms with Crippen LogP contribution in [0.15, 0.2) is 42.5 Å². The average molecular weight is 261 g/mol. The Balaban J connectivity index is 2.02. The largest absolute Gasteiger partial charge is 0.306 e. The third kappa shape index (κ3) is 3.61. The van der Waals surface area contributed by atoms with Crippen molar-refractivity contribution in [1.82, 2.24) is 5.32 Å². The van der Waals surface area contributed by atoms with Crippen LogP contribution in [0.1, 0.15) is 29.7 Å². The molecule has 1 atom stereocenters. The van der Waals surface area contributed by atoms with Gasteiger partial charge in [-0.3, -0.25) is 0 Å². The highest BCUT2D eigenvalue weighted by Gasteiger charge is 2.07. The minimum atomic E-state index is -0.249. The molecule has 0 aliphatic heterocycles. The summed E-state index contributed by atoms with van der Waals surface area (Å²) in [5.41, 5.74) is 2.66. The molecule has 3 heteroatoms. The Bertz CT molecular complexity index is 549. The average Bonchev–Trinajstić information content (AvgIpc) is 2.40. The number of hydrogen-bond acceptors (Lipinski definition) is 1. The monoisotopic (exact) mass is 261 g/mol. The van der Waals surface area contributed by atoms with E-state index in [4.69, 9.17) is 0 Å². The normalized spacial score (nSPS) is 12.4. The molecule has 100 valence electrons. The van der Waals surface area contributed by atoms with Crippen molar-refractivity contribution in [3.63, 3.8) is 0 Å². The van der Waals surface area contributed by atoms with Crippen molar-refractivity contribution in [2.45, 2.75) is 26.4 Å². The van der Waals surface area contributed by atoms with Crippen molar-refractivity contribution < 1.29 is 8.78 Å². The molecule has 1 nitrogen and oxygen atoms in total. The summed E-state index contributed by atoms with van der Waals surface area (Å²) in [4.78, 5) is 0. The molecule has 2 rings (SSSR count). The van der Waals surface area contributed by atoms with Gasteiger partial charge in [0.1, 0.15) is 11.6 Å². The van der Waals surface area contributed by atoms with Crippen LogP contribution >= 0.6 is 0 Å². The van der Waals surface area contributed by atoms with Crippen molar-refractivity contribution in [2.24, 2.45) is 0 Å². The molecule has 2 aromatic rings. The van der Waals surface area contributed by atoms with Crippen molar-refractivity contribution in [3.8, 4) is 0 Å². The van der Waals surface area contributed by atoms with E-state index in [2.05, 4.69) is 5.32 Å². The molecule has 0 saturated heterocycles.